The Morgan fingerprint density at radius 3 is 2.79 bits per heavy atom. The molecule has 0 aromatic heterocycles. The summed E-state index contributed by atoms with van der Waals surface area (Å²) in [7, 11) is 2.19. The number of nitrogens with zero attached hydrogens (tertiary/aromatic N) is 3. The Balaban J connectivity index is 1.22. The van der Waals surface area contributed by atoms with Gasteiger partial charge in [0.1, 0.15) is 5.82 Å². The number of rotatable bonds is 4. The standard InChI is InChI=1S/C23H27FN4O/c1-26-13-14-28-20-9-11-27(15-19(20)18-3-2-4-21(26)22(18)28)12-10-25-23(29)16-5-7-17(24)8-6-16/h2-8,19-20H,9-15H2,1H3,(H,25,29)/t19-,20-/m0/s1. The minimum Gasteiger partial charge on any atom is -0.371 e. The van der Waals surface area contributed by atoms with Gasteiger partial charge in [0, 0.05) is 63.8 Å². The van der Waals surface area contributed by atoms with Crippen molar-refractivity contribution in [1.29, 1.82) is 0 Å². The Bertz CT molecular complexity index is 916. The molecule has 5 nitrogen and oxygen atoms in total. The number of fused-ring (bicyclic) bond motifs is 3. The molecular formula is C23H27FN4O. The molecule has 0 aliphatic carbocycles. The van der Waals surface area contributed by atoms with Crippen molar-refractivity contribution in [3.63, 3.8) is 0 Å². The number of hydrogen-bond acceptors (Lipinski definition) is 4. The fraction of sp³-hybridized carbons (Fsp3) is 0.435. The fourth-order valence-corrected chi connectivity index (χ4v) is 5.21. The first-order valence-corrected chi connectivity index (χ1v) is 10.5. The molecule has 0 bridgehead atoms. The van der Waals surface area contributed by atoms with Crippen LogP contribution in [0.15, 0.2) is 42.5 Å². The number of benzene rings is 2. The molecule has 1 amide bonds. The van der Waals surface area contributed by atoms with Gasteiger partial charge in [-0.2, -0.15) is 0 Å². The van der Waals surface area contributed by atoms with Gasteiger partial charge in [-0.25, -0.2) is 4.39 Å². The summed E-state index contributed by atoms with van der Waals surface area (Å²) < 4.78 is 13.0. The molecule has 1 saturated heterocycles. The number of carbonyl (C=O) groups excluding carboxylic acids is 1. The van der Waals surface area contributed by atoms with Crippen molar-refractivity contribution >= 4 is 17.3 Å². The number of hydrogen-bond donors (Lipinski definition) is 1. The highest BCUT2D eigenvalue weighted by molar-refractivity contribution is 5.94. The van der Waals surface area contributed by atoms with Crippen LogP contribution in [0.4, 0.5) is 15.8 Å². The SMILES string of the molecule is CN1CCN2c3c(cccc31)[C@@H]1CN(CCNC(=O)c3ccc(F)cc3)CC[C@@H]12. The lowest BCUT2D eigenvalue weighted by molar-refractivity contribution is 0.0944. The number of piperidine rings is 1. The van der Waals surface area contributed by atoms with Crippen LogP contribution in [0, 0.1) is 5.82 Å². The van der Waals surface area contributed by atoms with Gasteiger partial charge in [-0.15, -0.1) is 0 Å². The maximum atomic E-state index is 13.0. The Morgan fingerprint density at radius 1 is 1.14 bits per heavy atom. The van der Waals surface area contributed by atoms with Crippen molar-refractivity contribution in [1.82, 2.24) is 10.2 Å². The molecule has 3 aliphatic rings. The second-order valence-corrected chi connectivity index (χ2v) is 8.36. The van der Waals surface area contributed by atoms with E-state index in [1.165, 1.54) is 41.2 Å². The molecule has 152 valence electrons. The first-order valence-electron chi connectivity index (χ1n) is 10.5. The van der Waals surface area contributed by atoms with Gasteiger partial charge in [-0.3, -0.25) is 4.79 Å². The highest BCUT2D eigenvalue weighted by Gasteiger charge is 2.44. The maximum absolute atomic E-state index is 13.0. The fourth-order valence-electron chi connectivity index (χ4n) is 5.21. The van der Waals surface area contributed by atoms with Gasteiger partial charge in [0.15, 0.2) is 0 Å². The number of nitrogens with one attached hydrogen (secondary N) is 1. The molecule has 0 saturated carbocycles. The van der Waals surface area contributed by atoms with Crippen LogP contribution in [-0.2, 0) is 0 Å². The Labute approximate surface area is 171 Å². The summed E-state index contributed by atoms with van der Waals surface area (Å²) in [6, 6.07) is 13.0. The summed E-state index contributed by atoms with van der Waals surface area (Å²) in [6.45, 7) is 5.73. The quantitative estimate of drug-likeness (QED) is 0.866. The highest BCUT2D eigenvalue weighted by Crippen LogP contribution is 2.50. The highest BCUT2D eigenvalue weighted by atomic mass is 19.1. The zero-order valence-corrected chi connectivity index (χ0v) is 16.8. The van der Waals surface area contributed by atoms with Crippen molar-refractivity contribution in [3.8, 4) is 0 Å². The minimum absolute atomic E-state index is 0.143. The van der Waals surface area contributed by atoms with Gasteiger partial charge in [-0.05, 0) is 42.3 Å². The van der Waals surface area contributed by atoms with E-state index in [-0.39, 0.29) is 11.7 Å². The summed E-state index contributed by atoms with van der Waals surface area (Å²) in [5, 5.41) is 2.97. The Kier molecular flexibility index (Phi) is 4.66. The third-order valence-electron chi connectivity index (χ3n) is 6.70. The normalized spacial score (nSPS) is 23.0. The lowest BCUT2D eigenvalue weighted by atomic mass is 9.89. The molecule has 0 unspecified atom stereocenters. The summed E-state index contributed by atoms with van der Waals surface area (Å²) in [5.74, 6) is 0.0717. The molecule has 3 heterocycles. The van der Waals surface area contributed by atoms with E-state index in [1.807, 2.05) is 0 Å². The molecule has 5 rings (SSSR count). The van der Waals surface area contributed by atoms with Crippen LogP contribution in [0.1, 0.15) is 28.3 Å². The van der Waals surface area contributed by atoms with Crippen LogP contribution in [0.2, 0.25) is 0 Å². The molecule has 3 aliphatic heterocycles. The number of halogens is 1. The van der Waals surface area contributed by atoms with E-state index in [0.717, 1.165) is 39.1 Å². The first-order chi connectivity index (χ1) is 14.1. The van der Waals surface area contributed by atoms with Gasteiger partial charge in [0.2, 0.25) is 0 Å². The largest absolute Gasteiger partial charge is 0.371 e. The average Bonchev–Trinajstić information content (AvgIpc) is 3.06. The Morgan fingerprint density at radius 2 is 1.97 bits per heavy atom. The second-order valence-electron chi connectivity index (χ2n) is 8.36. The van der Waals surface area contributed by atoms with Gasteiger partial charge in [0.25, 0.3) is 5.91 Å². The predicted molar refractivity (Wildman–Crippen MR) is 113 cm³/mol. The summed E-state index contributed by atoms with van der Waals surface area (Å²) in [4.78, 5) is 19.7. The van der Waals surface area contributed by atoms with Crippen molar-refractivity contribution < 1.29 is 9.18 Å². The minimum atomic E-state index is -0.325. The van der Waals surface area contributed by atoms with Crippen molar-refractivity contribution in [3.05, 3.63) is 59.4 Å². The molecule has 29 heavy (non-hydrogen) atoms. The van der Waals surface area contributed by atoms with Crippen molar-refractivity contribution in [2.45, 2.75) is 18.4 Å². The van der Waals surface area contributed by atoms with Crippen LogP contribution in [0.3, 0.4) is 0 Å². The van der Waals surface area contributed by atoms with E-state index < -0.39 is 0 Å². The van der Waals surface area contributed by atoms with E-state index in [1.54, 1.807) is 0 Å². The first kappa shape index (κ1) is 18.4. The number of amides is 1. The van der Waals surface area contributed by atoms with Gasteiger partial charge < -0.3 is 20.0 Å². The number of likely N-dealkylation sites (N-methyl/N-ethyl adjacent to an activating group) is 1. The van der Waals surface area contributed by atoms with E-state index in [0.29, 0.717) is 24.1 Å². The van der Waals surface area contributed by atoms with Crippen LogP contribution in [-0.4, -0.2) is 63.2 Å². The third-order valence-corrected chi connectivity index (χ3v) is 6.70. The maximum Gasteiger partial charge on any atom is 0.251 e. The predicted octanol–water partition coefficient (Wildman–Crippen LogP) is 2.68. The lowest BCUT2D eigenvalue weighted by Crippen LogP contribution is -2.50. The second kappa shape index (κ2) is 7.34. The van der Waals surface area contributed by atoms with Gasteiger partial charge in [0.05, 0.1) is 11.4 Å². The number of para-hydroxylation sites is 1. The van der Waals surface area contributed by atoms with Gasteiger partial charge >= 0.3 is 0 Å². The van der Waals surface area contributed by atoms with E-state index in [2.05, 4.69) is 45.3 Å². The lowest BCUT2D eigenvalue weighted by Gasteiger charge is -2.41. The number of carbonyl (C=O) groups is 1. The molecule has 1 N–H and O–H groups in total. The monoisotopic (exact) mass is 394 g/mol. The molecule has 2 aromatic rings. The van der Waals surface area contributed by atoms with Gasteiger partial charge in [-0.1, -0.05) is 12.1 Å². The van der Waals surface area contributed by atoms with E-state index in [4.69, 9.17) is 0 Å². The molecular weight excluding hydrogens is 367 g/mol. The zero-order valence-electron chi connectivity index (χ0n) is 16.8. The molecule has 6 heteroatoms. The summed E-state index contributed by atoms with van der Waals surface area (Å²) in [6.07, 6.45) is 1.16. The summed E-state index contributed by atoms with van der Waals surface area (Å²) >= 11 is 0. The van der Waals surface area contributed by atoms with Crippen LogP contribution in [0.5, 0.6) is 0 Å². The number of likely N-dealkylation sites (tertiary alicyclic amines) is 1. The van der Waals surface area contributed by atoms with Crippen molar-refractivity contribution in [2.75, 3.05) is 56.1 Å². The van der Waals surface area contributed by atoms with Crippen LogP contribution >= 0.6 is 0 Å². The molecule has 2 aromatic carbocycles. The van der Waals surface area contributed by atoms with Crippen molar-refractivity contribution in [2.24, 2.45) is 0 Å². The Hall–Kier alpha value is -2.60. The average molecular weight is 394 g/mol. The molecule has 1 fully saturated rings. The third kappa shape index (κ3) is 3.25. The van der Waals surface area contributed by atoms with Crippen LogP contribution in [0.25, 0.3) is 0 Å². The number of anilines is 2. The summed E-state index contributed by atoms with van der Waals surface area (Å²) in [5.41, 5.74) is 4.79. The van der Waals surface area contributed by atoms with E-state index in [9.17, 15) is 9.18 Å². The molecule has 0 radical (unpaired) electrons. The smallest absolute Gasteiger partial charge is 0.251 e. The molecule has 0 spiro atoms. The van der Waals surface area contributed by atoms with E-state index >= 15 is 0 Å². The van der Waals surface area contributed by atoms with Crippen LogP contribution < -0.4 is 15.1 Å². The topological polar surface area (TPSA) is 38.8 Å². The zero-order chi connectivity index (χ0) is 20.0. The molecule has 2 atom stereocenters.